The van der Waals surface area contributed by atoms with Gasteiger partial charge in [-0.25, -0.2) is 0 Å². The number of carbonyl (C=O) groups is 3. The molecule has 3 heterocycles. The first-order valence-electron chi connectivity index (χ1n) is 9.84. The summed E-state index contributed by atoms with van der Waals surface area (Å²) in [5, 5.41) is 2.78. The molecule has 2 fully saturated rings. The van der Waals surface area contributed by atoms with Crippen LogP contribution < -0.4 is 5.32 Å². The summed E-state index contributed by atoms with van der Waals surface area (Å²) in [5.41, 5.74) is 0.560. The minimum absolute atomic E-state index is 0.0679. The molecule has 2 aliphatic carbocycles. The van der Waals surface area contributed by atoms with E-state index in [-0.39, 0.29) is 47.8 Å². The highest BCUT2D eigenvalue weighted by Crippen LogP contribution is 2.54. The Kier molecular flexibility index (Phi) is 4.12. The van der Waals surface area contributed by atoms with Crippen LogP contribution in [0.2, 0.25) is 0 Å². The SMILES string of the molecule is Cc1ccc(C(CC(=O)Nc2cccnc2)N2C(=O)C3C4C=CC(C4)C3C2=O)o1. The average molecular weight is 391 g/mol. The summed E-state index contributed by atoms with van der Waals surface area (Å²) in [5.74, 6) is 0.0506. The molecule has 5 atom stereocenters. The fourth-order valence-electron chi connectivity index (χ4n) is 5.01. The summed E-state index contributed by atoms with van der Waals surface area (Å²) in [6.45, 7) is 1.79. The highest BCUT2D eigenvalue weighted by atomic mass is 16.3. The summed E-state index contributed by atoms with van der Waals surface area (Å²) in [6, 6.07) is 6.21. The molecule has 2 bridgehead atoms. The maximum atomic E-state index is 13.2. The van der Waals surface area contributed by atoms with Gasteiger partial charge in [-0.05, 0) is 49.4 Å². The molecule has 7 nitrogen and oxygen atoms in total. The number of pyridine rings is 1. The molecule has 3 amide bonds. The minimum atomic E-state index is -0.759. The van der Waals surface area contributed by atoms with Gasteiger partial charge in [0.25, 0.3) is 0 Å². The van der Waals surface area contributed by atoms with E-state index >= 15 is 0 Å². The highest BCUT2D eigenvalue weighted by molar-refractivity contribution is 6.07. The lowest BCUT2D eigenvalue weighted by atomic mass is 9.85. The highest BCUT2D eigenvalue weighted by Gasteiger charge is 2.60. The van der Waals surface area contributed by atoms with Crippen molar-refractivity contribution in [3.8, 4) is 0 Å². The quantitative estimate of drug-likeness (QED) is 0.625. The van der Waals surface area contributed by atoms with Crippen LogP contribution in [0.5, 0.6) is 0 Å². The van der Waals surface area contributed by atoms with Crippen molar-refractivity contribution in [2.75, 3.05) is 5.32 Å². The molecule has 1 saturated carbocycles. The van der Waals surface area contributed by atoms with Gasteiger partial charge in [-0.1, -0.05) is 12.2 Å². The van der Waals surface area contributed by atoms with Crippen LogP contribution in [0.3, 0.4) is 0 Å². The fraction of sp³-hybridized carbons (Fsp3) is 0.364. The molecule has 2 aromatic heterocycles. The first-order valence-corrected chi connectivity index (χ1v) is 9.84. The van der Waals surface area contributed by atoms with Gasteiger partial charge in [0.15, 0.2) is 0 Å². The number of aromatic nitrogens is 1. The molecule has 5 rings (SSSR count). The molecular formula is C22H21N3O4. The van der Waals surface area contributed by atoms with E-state index in [9.17, 15) is 14.4 Å². The zero-order valence-electron chi connectivity index (χ0n) is 15.9. The monoisotopic (exact) mass is 391 g/mol. The van der Waals surface area contributed by atoms with E-state index in [0.717, 1.165) is 6.42 Å². The van der Waals surface area contributed by atoms with Crippen molar-refractivity contribution < 1.29 is 18.8 Å². The van der Waals surface area contributed by atoms with Gasteiger partial charge in [0, 0.05) is 6.20 Å². The number of amides is 3. The number of anilines is 1. The molecule has 1 N–H and O–H groups in total. The lowest BCUT2D eigenvalue weighted by Crippen LogP contribution is -2.38. The number of carbonyl (C=O) groups excluding carboxylic acids is 3. The number of hydrogen-bond acceptors (Lipinski definition) is 5. The molecule has 2 aromatic rings. The predicted octanol–water partition coefficient (Wildman–Crippen LogP) is 2.86. The van der Waals surface area contributed by atoms with Gasteiger partial charge < -0.3 is 9.73 Å². The van der Waals surface area contributed by atoms with E-state index in [0.29, 0.717) is 17.2 Å². The Morgan fingerprint density at radius 2 is 1.93 bits per heavy atom. The summed E-state index contributed by atoms with van der Waals surface area (Å²) < 4.78 is 5.74. The molecule has 3 aliphatic rings. The number of allylic oxidation sites excluding steroid dienone is 2. The second kappa shape index (κ2) is 6.69. The Bertz CT molecular complexity index is 982. The number of likely N-dealkylation sites (tertiary alicyclic amines) is 1. The van der Waals surface area contributed by atoms with Gasteiger partial charge >= 0.3 is 0 Å². The Morgan fingerprint density at radius 3 is 2.52 bits per heavy atom. The van der Waals surface area contributed by atoms with E-state index in [1.165, 1.54) is 4.90 Å². The molecule has 148 valence electrons. The van der Waals surface area contributed by atoms with E-state index in [1.807, 2.05) is 0 Å². The molecule has 0 radical (unpaired) electrons. The number of aryl methyl sites for hydroxylation is 1. The van der Waals surface area contributed by atoms with Crippen LogP contribution in [0.15, 0.2) is 53.2 Å². The van der Waals surface area contributed by atoms with Crippen LogP contribution in [0.25, 0.3) is 0 Å². The van der Waals surface area contributed by atoms with Crippen LogP contribution in [0, 0.1) is 30.6 Å². The Morgan fingerprint density at radius 1 is 1.21 bits per heavy atom. The Labute approximate surface area is 167 Å². The van der Waals surface area contributed by atoms with Gasteiger partial charge in [-0.15, -0.1) is 0 Å². The zero-order chi connectivity index (χ0) is 20.1. The van der Waals surface area contributed by atoms with Gasteiger partial charge in [-0.3, -0.25) is 24.3 Å². The Hall–Kier alpha value is -3.22. The summed E-state index contributed by atoms with van der Waals surface area (Å²) in [7, 11) is 0. The third-order valence-corrected chi connectivity index (χ3v) is 6.23. The zero-order valence-corrected chi connectivity index (χ0v) is 15.9. The molecule has 5 unspecified atom stereocenters. The van der Waals surface area contributed by atoms with Gasteiger partial charge in [0.05, 0.1) is 30.1 Å². The number of hydrogen-bond donors (Lipinski definition) is 1. The van der Waals surface area contributed by atoms with Gasteiger partial charge in [-0.2, -0.15) is 0 Å². The third kappa shape index (κ3) is 2.88. The van der Waals surface area contributed by atoms with E-state index in [1.54, 1.807) is 43.6 Å². The van der Waals surface area contributed by atoms with Crippen molar-refractivity contribution in [3.05, 3.63) is 60.3 Å². The maximum absolute atomic E-state index is 13.2. The van der Waals surface area contributed by atoms with Crippen molar-refractivity contribution in [2.45, 2.75) is 25.8 Å². The molecular weight excluding hydrogens is 370 g/mol. The molecule has 7 heteroatoms. The molecule has 0 aromatic carbocycles. The lowest BCUT2D eigenvalue weighted by Gasteiger charge is -2.26. The van der Waals surface area contributed by atoms with Crippen molar-refractivity contribution in [1.82, 2.24) is 9.88 Å². The second-order valence-corrected chi connectivity index (χ2v) is 8.00. The molecule has 0 spiro atoms. The van der Waals surface area contributed by atoms with Gasteiger partial charge in [0.2, 0.25) is 17.7 Å². The van der Waals surface area contributed by atoms with Crippen molar-refractivity contribution >= 4 is 23.4 Å². The molecule has 1 saturated heterocycles. The second-order valence-electron chi connectivity index (χ2n) is 8.00. The smallest absolute Gasteiger partial charge is 0.234 e. The topological polar surface area (TPSA) is 92.5 Å². The normalized spacial score (nSPS) is 28.1. The van der Waals surface area contributed by atoms with E-state index in [4.69, 9.17) is 4.42 Å². The maximum Gasteiger partial charge on any atom is 0.234 e. The average Bonchev–Trinajstić information content (AvgIpc) is 3.46. The predicted molar refractivity (Wildman–Crippen MR) is 103 cm³/mol. The van der Waals surface area contributed by atoms with Crippen molar-refractivity contribution in [3.63, 3.8) is 0 Å². The number of nitrogens with zero attached hydrogens (tertiary/aromatic N) is 2. The largest absolute Gasteiger partial charge is 0.464 e. The summed E-state index contributed by atoms with van der Waals surface area (Å²) in [4.78, 5) is 44.5. The van der Waals surface area contributed by atoms with Crippen LogP contribution in [-0.4, -0.2) is 27.6 Å². The Balaban J connectivity index is 1.43. The molecule has 1 aliphatic heterocycles. The lowest BCUT2D eigenvalue weighted by molar-refractivity contribution is -0.144. The van der Waals surface area contributed by atoms with Crippen LogP contribution in [-0.2, 0) is 14.4 Å². The first kappa shape index (κ1) is 17.8. The first-order chi connectivity index (χ1) is 14.0. The number of fused-ring (bicyclic) bond motifs is 5. The fourth-order valence-corrected chi connectivity index (χ4v) is 5.01. The number of rotatable bonds is 5. The van der Waals surface area contributed by atoms with Crippen molar-refractivity contribution in [2.24, 2.45) is 23.7 Å². The van der Waals surface area contributed by atoms with Gasteiger partial charge in [0.1, 0.15) is 17.6 Å². The standard InChI is InChI=1S/C22H21N3O4/c1-12-4-7-17(29-12)16(10-18(26)24-15-3-2-8-23-11-15)25-21(27)19-13-5-6-14(9-13)20(19)22(25)28/h2-8,11,13-14,16,19-20H,9-10H2,1H3,(H,24,26). The summed E-state index contributed by atoms with van der Waals surface area (Å²) >= 11 is 0. The van der Waals surface area contributed by atoms with E-state index < -0.39 is 6.04 Å². The van der Waals surface area contributed by atoms with Crippen LogP contribution in [0.4, 0.5) is 5.69 Å². The van der Waals surface area contributed by atoms with Crippen molar-refractivity contribution in [1.29, 1.82) is 0 Å². The number of imide groups is 1. The molecule has 29 heavy (non-hydrogen) atoms. The van der Waals surface area contributed by atoms with Crippen LogP contribution in [0.1, 0.15) is 30.4 Å². The summed E-state index contributed by atoms with van der Waals surface area (Å²) in [6.07, 6.45) is 8.08. The third-order valence-electron chi connectivity index (χ3n) is 6.23. The minimum Gasteiger partial charge on any atom is -0.464 e. The van der Waals surface area contributed by atoms with Crippen LogP contribution >= 0.6 is 0 Å². The van der Waals surface area contributed by atoms with E-state index in [2.05, 4.69) is 22.5 Å². The number of nitrogens with one attached hydrogen (secondary N) is 1. The number of furan rings is 1.